The van der Waals surface area contributed by atoms with Crippen LogP contribution in [0.4, 0.5) is 5.69 Å². The molecule has 2 amide bonds. The van der Waals surface area contributed by atoms with E-state index < -0.39 is 0 Å². The molecule has 2 heterocycles. The molecule has 3 aromatic rings. The fourth-order valence-corrected chi connectivity index (χ4v) is 3.33. The van der Waals surface area contributed by atoms with Crippen LogP contribution in [0.2, 0.25) is 5.02 Å². The normalized spacial score (nSPS) is 14.2. The molecule has 1 N–H and O–H groups in total. The molecule has 0 spiro atoms. The summed E-state index contributed by atoms with van der Waals surface area (Å²) in [5, 5.41) is 4.18. The molecular formula is C21H19ClN2O4. The Labute approximate surface area is 167 Å². The highest BCUT2D eigenvalue weighted by molar-refractivity contribution is 6.30. The Morgan fingerprint density at radius 1 is 1.04 bits per heavy atom. The van der Waals surface area contributed by atoms with Crippen molar-refractivity contribution in [1.82, 2.24) is 4.90 Å². The number of fused-ring (bicyclic) bond motifs is 1. The lowest BCUT2D eigenvalue weighted by atomic mass is 10.1. The number of carbonyl (C=O) groups excluding carboxylic acids is 2. The van der Waals surface area contributed by atoms with Gasteiger partial charge in [-0.05, 0) is 29.8 Å². The number of anilines is 1. The lowest BCUT2D eigenvalue weighted by molar-refractivity contribution is -0.115. The Balaban J connectivity index is 1.62. The first-order chi connectivity index (χ1) is 13.6. The Bertz CT molecular complexity index is 1010. The van der Waals surface area contributed by atoms with Crippen molar-refractivity contribution in [2.24, 2.45) is 0 Å². The van der Waals surface area contributed by atoms with Crippen molar-refractivity contribution in [3.63, 3.8) is 0 Å². The Morgan fingerprint density at radius 2 is 1.75 bits per heavy atom. The average Bonchev–Trinajstić information content (AvgIpc) is 3.08. The van der Waals surface area contributed by atoms with E-state index >= 15 is 0 Å². The number of amides is 2. The molecule has 0 saturated carbocycles. The zero-order chi connectivity index (χ0) is 19.5. The molecule has 1 aliphatic heterocycles. The maximum absolute atomic E-state index is 13.0. The predicted octanol–water partition coefficient (Wildman–Crippen LogP) is 3.74. The molecule has 0 atom stereocenters. The van der Waals surface area contributed by atoms with Gasteiger partial charge in [-0.3, -0.25) is 9.59 Å². The molecule has 7 heteroatoms. The maximum atomic E-state index is 13.0. The number of furan rings is 1. The van der Waals surface area contributed by atoms with Crippen LogP contribution in [0, 0.1) is 0 Å². The number of hydrogen-bond donors (Lipinski definition) is 1. The number of carbonyl (C=O) groups is 2. The molecule has 0 aliphatic carbocycles. The minimum Gasteiger partial charge on any atom is -0.449 e. The molecule has 6 nitrogen and oxygen atoms in total. The van der Waals surface area contributed by atoms with Crippen LogP contribution in [0.5, 0.6) is 0 Å². The number of para-hydroxylation sites is 1. The SMILES string of the molecule is O=C(Cc1ccc(Cl)cc1)Nc1c(C(=O)N2CCOCC2)oc2ccccc12. The second kappa shape index (κ2) is 8.04. The standard InChI is InChI=1S/C21H19ClN2O4/c22-15-7-5-14(6-8-15)13-18(25)23-19-16-3-1-2-4-17(16)28-20(19)21(26)24-9-11-27-12-10-24/h1-8H,9-13H2,(H,23,25). The van der Waals surface area contributed by atoms with Crippen LogP contribution in [-0.4, -0.2) is 43.0 Å². The first-order valence-electron chi connectivity index (χ1n) is 9.04. The second-order valence-electron chi connectivity index (χ2n) is 6.56. The van der Waals surface area contributed by atoms with Crippen LogP contribution in [0.1, 0.15) is 16.1 Å². The van der Waals surface area contributed by atoms with Gasteiger partial charge in [0.05, 0.1) is 19.6 Å². The van der Waals surface area contributed by atoms with Crippen molar-refractivity contribution in [3.05, 3.63) is 64.9 Å². The molecule has 0 bridgehead atoms. The van der Waals surface area contributed by atoms with Crippen LogP contribution < -0.4 is 5.32 Å². The molecule has 1 fully saturated rings. The maximum Gasteiger partial charge on any atom is 0.291 e. The fraction of sp³-hybridized carbons (Fsp3) is 0.238. The van der Waals surface area contributed by atoms with Crippen LogP contribution in [0.3, 0.4) is 0 Å². The van der Waals surface area contributed by atoms with Crippen LogP contribution in [-0.2, 0) is 16.0 Å². The molecule has 0 radical (unpaired) electrons. The largest absolute Gasteiger partial charge is 0.449 e. The molecule has 1 aliphatic rings. The van der Waals surface area contributed by atoms with E-state index in [1.807, 2.05) is 18.2 Å². The fourth-order valence-electron chi connectivity index (χ4n) is 3.20. The minimum absolute atomic E-state index is 0.146. The zero-order valence-corrected chi connectivity index (χ0v) is 15.9. The predicted molar refractivity (Wildman–Crippen MR) is 107 cm³/mol. The first-order valence-corrected chi connectivity index (χ1v) is 9.42. The van der Waals surface area contributed by atoms with E-state index in [9.17, 15) is 9.59 Å². The summed E-state index contributed by atoms with van der Waals surface area (Å²) in [6.07, 6.45) is 0.169. The molecule has 2 aromatic carbocycles. The van der Waals surface area contributed by atoms with Crippen molar-refractivity contribution < 1.29 is 18.7 Å². The lowest BCUT2D eigenvalue weighted by Crippen LogP contribution is -2.40. The number of rotatable bonds is 4. The molecule has 1 saturated heterocycles. The second-order valence-corrected chi connectivity index (χ2v) is 6.99. The Hall–Kier alpha value is -2.83. The summed E-state index contributed by atoms with van der Waals surface area (Å²) in [7, 11) is 0. The third kappa shape index (κ3) is 3.88. The Morgan fingerprint density at radius 3 is 2.50 bits per heavy atom. The van der Waals surface area contributed by atoms with Crippen molar-refractivity contribution >= 4 is 40.1 Å². The molecule has 1 aromatic heterocycles. The van der Waals surface area contributed by atoms with Gasteiger partial charge in [0.15, 0.2) is 0 Å². The third-order valence-corrected chi connectivity index (χ3v) is 4.88. The minimum atomic E-state index is -0.249. The van der Waals surface area contributed by atoms with Gasteiger partial charge in [0.25, 0.3) is 5.91 Å². The van der Waals surface area contributed by atoms with Gasteiger partial charge in [0.2, 0.25) is 11.7 Å². The number of benzene rings is 2. The summed E-state index contributed by atoms with van der Waals surface area (Å²) < 4.78 is 11.1. The molecule has 144 valence electrons. The number of halogens is 1. The van der Waals surface area contributed by atoms with E-state index in [1.165, 1.54) is 0 Å². The van der Waals surface area contributed by atoms with Gasteiger partial charge in [0.1, 0.15) is 11.3 Å². The quantitative estimate of drug-likeness (QED) is 0.726. The number of nitrogens with one attached hydrogen (secondary N) is 1. The van der Waals surface area contributed by atoms with Gasteiger partial charge < -0.3 is 19.4 Å². The third-order valence-electron chi connectivity index (χ3n) is 4.63. The van der Waals surface area contributed by atoms with Gasteiger partial charge in [-0.1, -0.05) is 35.9 Å². The van der Waals surface area contributed by atoms with Gasteiger partial charge >= 0.3 is 0 Å². The van der Waals surface area contributed by atoms with Gasteiger partial charge in [-0.2, -0.15) is 0 Å². The van der Waals surface area contributed by atoms with Gasteiger partial charge in [-0.25, -0.2) is 0 Å². The average molecular weight is 399 g/mol. The number of ether oxygens (including phenoxy) is 1. The summed E-state index contributed by atoms with van der Waals surface area (Å²) >= 11 is 5.89. The van der Waals surface area contributed by atoms with Crippen LogP contribution in [0.15, 0.2) is 52.9 Å². The molecule has 0 unspecified atom stereocenters. The highest BCUT2D eigenvalue weighted by Crippen LogP contribution is 2.32. The number of nitrogens with zero attached hydrogens (tertiary/aromatic N) is 1. The highest BCUT2D eigenvalue weighted by Gasteiger charge is 2.27. The van der Waals surface area contributed by atoms with Gasteiger partial charge in [-0.15, -0.1) is 0 Å². The van der Waals surface area contributed by atoms with Crippen molar-refractivity contribution in [1.29, 1.82) is 0 Å². The monoisotopic (exact) mass is 398 g/mol. The molecular weight excluding hydrogens is 380 g/mol. The van der Waals surface area contributed by atoms with Crippen LogP contribution >= 0.6 is 11.6 Å². The summed E-state index contributed by atoms with van der Waals surface area (Å²) in [4.78, 5) is 27.3. The van der Waals surface area contributed by atoms with E-state index in [2.05, 4.69) is 5.32 Å². The van der Waals surface area contributed by atoms with E-state index in [1.54, 1.807) is 35.2 Å². The molecule has 4 rings (SSSR count). The van der Waals surface area contributed by atoms with E-state index in [4.69, 9.17) is 20.8 Å². The topological polar surface area (TPSA) is 71.8 Å². The van der Waals surface area contributed by atoms with E-state index in [0.717, 1.165) is 5.56 Å². The van der Waals surface area contributed by atoms with Crippen molar-refractivity contribution in [2.75, 3.05) is 31.6 Å². The van der Waals surface area contributed by atoms with Crippen molar-refractivity contribution in [3.8, 4) is 0 Å². The van der Waals surface area contributed by atoms with Crippen molar-refractivity contribution in [2.45, 2.75) is 6.42 Å². The number of morpholine rings is 1. The van der Waals surface area contributed by atoms with E-state index in [-0.39, 0.29) is 24.0 Å². The summed E-state index contributed by atoms with van der Waals surface area (Å²) in [6, 6.07) is 14.4. The first kappa shape index (κ1) is 18.5. The summed E-state index contributed by atoms with van der Waals surface area (Å²) in [5.41, 5.74) is 1.79. The highest BCUT2D eigenvalue weighted by atomic mass is 35.5. The Kier molecular flexibility index (Phi) is 5.32. The number of hydrogen-bond acceptors (Lipinski definition) is 4. The smallest absolute Gasteiger partial charge is 0.291 e. The van der Waals surface area contributed by atoms with Crippen LogP contribution in [0.25, 0.3) is 11.0 Å². The zero-order valence-electron chi connectivity index (χ0n) is 15.1. The van der Waals surface area contributed by atoms with E-state index in [0.29, 0.717) is 48.0 Å². The lowest BCUT2D eigenvalue weighted by Gasteiger charge is -2.26. The summed E-state index contributed by atoms with van der Waals surface area (Å²) in [5.74, 6) is -0.334. The molecule has 28 heavy (non-hydrogen) atoms. The summed E-state index contributed by atoms with van der Waals surface area (Å²) in [6.45, 7) is 1.97. The van der Waals surface area contributed by atoms with Gasteiger partial charge in [0, 0.05) is 23.5 Å².